The fourth-order valence-electron chi connectivity index (χ4n) is 3.78. The first-order chi connectivity index (χ1) is 14.5. The molecule has 0 saturated carbocycles. The van der Waals surface area contributed by atoms with Crippen molar-refractivity contribution in [2.75, 3.05) is 7.11 Å². The van der Waals surface area contributed by atoms with Crippen LogP contribution in [0.3, 0.4) is 0 Å². The number of aryl methyl sites for hydroxylation is 2. The van der Waals surface area contributed by atoms with Gasteiger partial charge in [0.15, 0.2) is 11.2 Å². The van der Waals surface area contributed by atoms with Gasteiger partial charge < -0.3 is 4.74 Å². The average molecular weight is 401 g/mol. The molecule has 0 atom stereocenters. The van der Waals surface area contributed by atoms with Crippen LogP contribution in [0.4, 0.5) is 0 Å². The average Bonchev–Trinajstić information content (AvgIpc) is 3.29. The number of nitrogens with zero attached hydrogens (tertiary/aromatic N) is 4. The molecule has 30 heavy (non-hydrogen) atoms. The summed E-state index contributed by atoms with van der Waals surface area (Å²) in [5.74, 6) is 1.19. The molecule has 5 rings (SSSR count). The molecule has 0 bridgehead atoms. The molecule has 2 aromatic carbocycles. The van der Waals surface area contributed by atoms with E-state index in [0.29, 0.717) is 22.7 Å². The van der Waals surface area contributed by atoms with Gasteiger partial charge in [-0.2, -0.15) is 4.98 Å². The molecule has 3 aromatic heterocycles. The first-order valence-electron chi connectivity index (χ1n) is 9.43. The zero-order valence-corrected chi connectivity index (χ0v) is 16.7. The Balaban J connectivity index is 1.99. The number of rotatable bonds is 3. The third-order valence-electron chi connectivity index (χ3n) is 5.27. The van der Waals surface area contributed by atoms with Crippen molar-refractivity contribution in [3.63, 3.8) is 0 Å². The largest absolute Gasteiger partial charge is 0.495 e. The molecule has 3 heterocycles. The second-order valence-corrected chi connectivity index (χ2v) is 7.16. The van der Waals surface area contributed by atoms with Gasteiger partial charge in [0.1, 0.15) is 5.75 Å². The summed E-state index contributed by atoms with van der Waals surface area (Å²) in [5.41, 5.74) is 3.30. The van der Waals surface area contributed by atoms with Crippen molar-refractivity contribution in [3.8, 4) is 22.7 Å². The molecular weight excluding hydrogens is 382 g/mol. The smallest absolute Gasteiger partial charge is 0.329 e. The number of ether oxygens (including phenoxy) is 1. The van der Waals surface area contributed by atoms with Crippen LogP contribution < -0.4 is 16.0 Å². The number of benzene rings is 2. The van der Waals surface area contributed by atoms with E-state index in [9.17, 15) is 9.59 Å². The second kappa shape index (κ2) is 6.48. The molecular formula is C22H19N5O3. The Hall–Kier alpha value is -4.07. The second-order valence-electron chi connectivity index (χ2n) is 7.16. The summed E-state index contributed by atoms with van der Waals surface area (Å²) in [6.45, 7) is 2.00. The fourth-order valence-corrected chi connectivity index (χ4v) is 3.78. The first kappa shape index (κ1) is 18.0. The van der Waals surface area contributed by atoms with Crippen LogP contribution in [-0.4, -0.2) is 30.6 Å². The van der Waals surface area contributed by atoms with Gasteiger partial charge in [0.25, 0.3) is 5.56 Å². The van der Waals surface area contributed by atoms with E-state index in [2.05, 4.69) is 9.97 Å². The van der Waals surface area contributed by atoms with Crippen molar-refractivity contribution >= 4 is 16.9 Å². The lowest BCUT2D eigenvalue weighted by Crippen LogP contribution is -2.28. The Labute approximate surface area is 170 Å². The van der Waals surface area contributed by atoms with Crippen LogP contribution in [-0.2, 0) is 7.05 Å². The van der Waals surface area contributed by atoms with Gasteiger partial charge in [0, 0.05) is 18.8 Å². The van der Waals surface area contributed by atoms with Gasteiger partial charge in [0.2, 0.25) is 5.78 Å². The van der Waals surface area contributed by atoms with Gasteiger partial charge >= 0.3 is 5.69 Å². The molecule has 5 aromatic rings. The van der Waals surface area contributed by atoms with Gasteiger partial charge in [-0.1, -0.05) is 36.4 Å². The molecule has 0 aliphatic carbocycles. The lowest BCUT2D eigenvalue weighted by Gasteiger charge is -2.14. The summed E-state index contributed by atoms with van der Waals surface area (Å²) >= 11 is 0. The van der Waals surface area contributed by atoms with Gasteiger partial charge in [0.05, 0.1) is 18.5 Å². The van der Waals surface area contributed by atoms with E-state index >= 15 is 0 Å². The van der Waals surface area contributed by atoms with Gasteiger partial charge in [-0.15, -0.1) is 0 Å². The zero-order chi connectivity index (χ0) is 21.0. The molecule has 0 aliphatic rings. The summed E-state index contributed by atoms with van der Waals surface area (Å²) in [7, 11) is 3.20. The molecule has 1 N–H and O–H groups in total. The highest BCUT2D eigenvalue weighted by Crippen LogP contribution is 2.33. The summed E-state index contributed by atoms with van der Waals surface area (Å²) in [6, 6.07) is 15.7. The van der Waals surface area contributed by atoms with Crippen LogP contribution in [0.2, 0.25) is 0 Å². The third-order valence-corrected chi connectivity index (χ3v) is 5.27. The topological polar surface area (TPSA) is 86.3 Å². The molecule has 0 amide bonds. The summed E-state index contributed by atoms with van der Waals surface area (Å²) in [4.78, 5) is 31.7. The van der Waals surface area contributed by atoms with Crippen LogP contribution >= 0.6 is 0 Å². The normalized spacial score (nSPS) is 11.4. The maximum Gasteiger partial charge on any atom is 0.329 e. The lowest BCUT2D eigenvalue weighted by atomic mass is 10.1. The number of aromatic nitrogens is 5. The van der Waals surface area contributed by atoms with E-state index in [1.807, 2.05) is 66.2 Å². The van der Waals surface area contributed by atoms with Crippen LogP contribution in [0.15, 0.2) is 64.3 Å². The predicted molar refractivity (Wildman–Crippen MR) is 115 cm³/mol. The Bertz CT molecular complexity index is 1540. The van der Waals surface area contributed by atoms with Crippen molar-refractivity contribution in [3.05, 3.63) is 81.1 Å². The lowest BCUT2D eigenvalue weighted by molar-refractivity contribution is 0.413. The molecule has 0 saturated heterocycles. The minimum absolute atomic E-state index is 0.314. The third kappa shape index (κ3) is 2.50. The Morgan fingerprint density at radius 1 is 1.07 bits per heavy atom. The Morgan fingerprint density at radius 3 is 2.57 bits per heavy atom. The number of imidazole rings is 2. The highest BCUT2D eigenvalue weighted by Gasteiger charge is 2.22. The quantitative estimate of drug-likeness (QED) is 0.504. The highest BCUT2D eigenvalue weighted by molar-refractivity contribution is 5.80. The van der Waals surface area contributed by atoms with Crippen LogP contribution in [0.1, 0.15) is 5.56 Å². The monoisotopic (exact) mass is 401 g/mol. The number of aromatic amines is 1. The highest BCUT2D eigenvalue weighted by atomic mass is 16.5. The first-order valence-corrected chi connectivity index (χ1v) is 9.43. The SMILES string of the molecule is COc1ccc(C)cc1-n1c(-c2ccccc2)cn2c3c(=O)[nH]c(=O)n(C)c3nc12. The fraction of sp³-hybridized carbons (Fsp3) is 0.136. The van der Waals surface area contributed by atoms with Crippen LogP contribution in [0.5, 0.6) is 5.75 Å². The molecule has 0 aliphatic heterocycles. The maximum atomic E-state index is 12.6. The minimum Gasteiger partial charge on any atom is -0.495 e. The minimum atomic E-state index is -0.503. The predicted octanol–water partition coefficient (Wildman–Crippen LogP) is 2.65. The molecule has 0 radical (unpaired) electrons. The Kier molecular flexibility index (Phi) is 3.89. The molecule has 150 valence electrons. The number of nitrogens with one attached hydrogen (secondary N) is 1. The molecule has 8 nitrogen and oxygen atoms in total. The van der Waals surface area contributed by atoms with E-state index in [0.717, 1.165) is 22.5 Å². The maximum absolute atomic E-state index is 12.6. The number of fused-ring (bicyclic) bond motifs is 3. The van der Waals surface area contributed by atoms with Crippen molar-refractivity contribution in [2.45, 2.75) is 6.92 Å². The number of hydrogen-bond acceptors (Lipinski definition) is 4. The van der Waals surface area contributed by atoms with Crippen molar-refractivity contribution < 1.29 is 4.74 Å². The Morgan fingerprint density at radius 2 is 1.83 bits per heavy atom. The molecule has 0 fully saturated rings. The zero-order valence-electron chi connectivity index (χ0n) is 16.7. The van der Waals surface area contributed by atoms with Crippen molar-refractivity contribution in [2.24, 2.45) is 7.05 Å². The number of methoxy groups -OCH3 is 1. The van der Waals surface area contributed by atoms with Gasteiger partial charge in [-0.25, -0.2) is 4.79 Å². The van der Waals surface area contributed by atoms with E-state index in [1.54, 1.807) is 18.6 Å². The molecule has 0 spiro atoms. The number of hydrogen-bond donors (Lipinski definition) is 1. The van der Waals surface area contributed by atoms with E-state index in [1.165, 1.54) is 4.57 Å². The van der Waals surface area contributed by atoms with Crippen LogP contribution in [0, 0.1) is 6.92 Å². The number of H-pyrrole nitrogens is 1. The van der Waals surface area contributed by atoms with E-state index in [4.69, 9.17) is 4.74 Å². The molecule has 8 heteroatoms. The summed E-state index contributed by atoms with van der Waals surface area (Å²) < 4.78 is 10.6. The molecule has 0 unspecified atom stereocenters. The van der Waals surface area contributed by atoms with Gasteiger partial charge in [-0.3, -0.25) is 23.3 Å². The summed E-state index contributed by atoms with van der Waals surface area (Å²) in [5, 5.41) is 0. The summed E-state index contributed by atoms with van der Waals surface area (Å²) in [6.07, 6.45) is 1.86. The van der Waals surface area contributed by atoms with Gasteiger partial charge in [-0.05, 0) is 24.6 Å². The van der Waals surface area contributed by atoms with Crippen molar-refractivity contribution in [1.82, 2.24) is 23.5 Å². The van der Waals surface area contributed by atoms with Crippen LogP contribution in [0.25, 0.3) is 33.9 Å². The van der Waals surface area contributed by atoms with Crippen molar-refractivity contribution in [1.29, 1.82) is 0 Å². The van der Waals surface area contributed by atoms with E-state index < -0.39 is 11.2 Å². The van der Waals surface area contributed by atoms with E-state index in [-0.39, 0.29) is 0 Å². The standard InChI is InChI=1S/C22H19N5O3/c1-13-9-10-17(30-3)15(11-13)27-16(14-7-5-4-6-8-14)12-26-18-19(23-21(26)27)25(2)22(29)24-20(18)28/h4-12H,1-3H3,(H,24,28,29).